The maximum atomic E-state index is 6.32. The molecule has 0 amide bonds. The van der Waals surface area contributed by atoms with Crippen molar-refractivity contribution < 1.29 is 4.84 Å². The van der Waals surface area contributed by atoms with Gasteiger partial charge in [-0.2, -0.15) is 15.0 Å². The number of unbranched alkanes of at least 4 members (excludes halogenated alkanes) is 4. The first-order valence-electron chi connectivity index (χ1n) is 16.6. The third kappa shape index (κ3) is 9.75. The van der Waals surface area contributed by atoms with E-state index >= 15 is 0 Å². The normalized spacial score (nSPS) is 17.2. The molecule has 0 spiro atoms. The van der Waals surface area contributed by atoms with Crippen molar-refractivity contribution >= 4 is 17.6 Å². The molecule has 1 aromatic rings. The van der Waals surface area contributed by atoms with Gasteiger partial charge in [0.1, 0.15) is 11.6 Å². The van der Waals surface area contributed by atoms with Gasteiger partial charge in [0.25, 0.3) is 0 Å². The summed E-state index contributed by atoms with van der Waals surface area (Å²) in [6.45, 7) is 25.5. The number of hydrogen-bond acceptors (Lipinski definition) is 7. The lowest BCUT2D eigenvalue weighted by atomic mass is 9.78. The molecule has 1 fully saturated rings. The second-order valence-electron chi connectivity index (χ2n) is 13.2. The Balaban J connectivity index is 2.51. The van der Waals surface area contributed by atoms with Gasteiger partial charge in [-0.1, -0.05) is 60.3 Å². The molecule has 1 saturated heterocycles. The Morgan fingerprint density at radius 2 is 1.18 bits per heavy atom. The molecule has 1 aliphatic rings. The van der Waals surface area contributed by atoms with Crippen LogP contribution in [0.15, 0.2) is 6.07 Å². The van der Waals surface area contributed by atoms with Crippen molar-refractivity contribution in [1.29, 1.82) is 0 Å². The standard InChI is InChI=1S/C33H64N6O/c1-11-16-20-37(21-17-12-2)30-25-29(34-31(35-30)38(22-18-13-3)23-19-14-4)36(10)28-26-32(6,7)39(40-24-15-5)33(8,9)27-28/h25,28H,11-24,26-27H2,1-10H3. The topological polar surface area (TPSA) is 48.0 Å². The lowest BCUT2D eigenvalue weighted by Gasteiger charge is -2.55. The Labute approximate surface area is 248 Å². The van der Waals surface area contributed by atoms with Crippen LogP contribution in [-0.2, 0) is 4.84 Å². The van der Waals surface area contributed by atoms with E-state index in [4.69, 9.17) is 14.8 Å². The van der Waals surface area contributed by atoms with Gasteiger partial charge in [0.05, 0.1) is 6.61 Å². The number of hydrogen-bond donors (Lipinski definition) is 0. The zero-order valence-corrected chi connectivity index (χ0v) is 28.1. The van der Waals surface area contributed by atoms with E-state index in [2.05, 4.69) is 95.2 Å². The van der Waals surface area contributed by atoms with Crippen LogP contribution in [0.1, 0.15) is 133 Å². The van der Waals surface area contributed by atoms with Crippen LogP contribution in [0.25, 0.3) is 0 Å². The highest BCUT2D eigenvalue weighted by atomic mass is 16.7. The predicted octanol–water partition coefficient (Wildman–Crippen LogP) is 8.09. The van der Waals surface area contributed by atoms with E-state index in [1.807, 2.05) is 0 Å². The Hall–Kier alpha value is -1.60. The van der Waals surface area contributed by atoms with Gasteiger partial charge in [0, 0.05) is 56.4 Å². The molecular formula is C33H64N6O. The molecule has 0 N–H and O–H groups in total. The third-order valence-electron chi connectivity index (χ3n) is 8.32. The summed E-state index contributed by atoms with van der Waals surface area (Å²) in [5.74, 6) is 3.05. The fourth-order valence-corrected chi connectivity index (χ4v) is 6.15. The molecule has 0 atom stereocenters. The van der Waals surface area contributed by atoms with Crippen LogP contribution in [0, 0.1) is 0 Å². The summed E-state index contributed by atoms with van der Waals surface area (Å²) in [4.78, 5) is 24.3. The highest BCUT2D eigenvalue weighted by molar-refractivity contribution is 5.56. The van der Waals surface area contributed by atoms with Gasteiger partial charge in [0.2, 0.25) is 5.95 Å². The minimum absolute atomic E-state index is 0.0723. The fourth-order valence-electron chi connectivity index (χ4n) is 6.15. The number of hydroxylamine groups is 2. The van der Waals surface area contributed by atoms with Gasteiger partial charge < -0.3 is 14.7 Å². The van der Waals surface area contributed by atoms with Gasteiger partial charge in [-0.15, -0.1) is 0 Å². The van der Waals surface area contributed by atoms with Gasteiger partial charge >= 0.3 is 0 Å². The quantitative estimate of drug-likeness (QED) is 0.169. The minimum Gasteiger partial charge on any atom is -0.356 e. The maximum absolute atomic E-state index is 6.32. The largest absolute Gasteiger partial charge is 0.356 e. The lowest BCUT2D eigenvalue weighted by molar-refractivity contribution is -0.282. The summed E-state index contributed by atoms with van der Waals surface area (Å²) >= 11 is 0. The molecule has 1 aliphatic heterocycles. The average molecular weight is 561 g/mol. The molecule has 232 valence electrons. The Bertz CT molecular complexity index is 772. The summed E-state index contributed by atoms with van der Waals surface area (Å²) in [7, 11) is 2.25. The predicted molar refractivity (Wildman–Crippen MR) is 174 cm³/mol. The van der Waals surface area contributed by atoms with Crippen LogP contribution in [-0.4, -0.2) is 72.0 Å². The maximum Gasteiger partial charge on any atom is 0.229 e. The van der Waals surface area contributed by atoms with Crippen LogP contribution in [0.3, 0.4) is 0 Å². The molecule has 0 aromatic carbocycles. The van der Waals surface area contributed by atoms with Gasteiger partial charge in [0.15, 0.2) is 0 Å². The molecule has 7 heteroatoms. The van der Waals surface area contributed by atoms with Crippen LogP contribution in [0.5, 0.6) is 0 Å². The number of rotatable bonds is 19. The summed E-state index contributed by atoms with van der Waals surface area (Å²) in [6.07, 6.45) is 12.5. The van der Waals surface area contributed by atoms with E-state index in [9.17, 15) is 0 Å². The first kappa shape index (κ1) is 34.6. The summed E-state index contributed by atoms with van der Waals surface area (Å²) in [5.41, 5.74) is -0.145. The van der Waals surface area contributed by atoms with Crippen molar-refractivity contribution in [3.63, 3.8) is 0 Å². The monoisotopic (exact) mass is 561 g/mol. The smallest absolute Gasteiger partial charge is 0.229 e. The first-order valence-corrected chi connectivity index (χ1v) is 16.6. The van der Waals surface area contributed by atoms with Crippen LogP contribution >= 0.6 is 0 Å². The Morgan fingerprint density at radius 3 is 1.62 bits per heavy atom. The SMILES string of the molecule is CCCCN(CCCC)c1cc(N(C)C2CC(C)(C)N(OCCC)C(C)(C)C2)nc(N(CCCC)CCCC)n1. The van der Waals surface area contributed by atoms with Crippen molar-refractivity contribution in [2.75, 3.05) is 54.5 Å². The van der Waals surface area contributed by atoms with Gasteiger partial charge in [-0.25, -0.2) is 0 Å². The second-order valence-corrected chi connectivity index (χ2v) is 13.2. The van der Waals surface area contributed by atoms with Crippen LogP contribution < -0.4 is 14.7 Å². The second kappa shape index (κ2) is 16.7. The molecule has 7 nitrogen and oxygen atoms in total. The lowest BCUT2D eigenvalue weighted by Crippen LogP contribution is -2.63. The van der Waals surface area contributed by atoms with Gasteiger partial charge in [-0.05, 0) is 72.6 Å². The fraction of sp³-hybridized carbons (Fsp3) is 0.879. The van der Waals surface area contributed by atoms with Crippen molar-refractivity contribution in [3.8, 4) is 0 Å². The van der Waals surface area contributed by atoms with E-state index in [1.54, 1.807) is 0 Å². The van der Waals surface area contributed by atoms with Crippen molar-refractivity contribution in [3.05, 3.63) is 6.07 Å². The van der Waals surface area contributed by atoms with Crippen molar-refractivity contribution in [2.24, 2.45) is 0 Å². The molecule has 0 bridgehead atoms. The van der Waals surface area contributed by atoms with Gasteiger partial charge in [-0.3, -0.25) is 4.84 Å². The van der Waals surface area contributed by atoms with E-state index in [0.29, 0.717) is 6.04 Å². The number of aromatic nitrogens is 2. The van der Waals surface area contributed by atoms with E-state index in [0.717, 1.165) is 82.5 Å². The van der Waals surface area contributed by atoms with Crippen molar-refractivity contribution in [2.45, 2.75) is 150 Å². The number of anilines is 3. The van der Waals surface area contributed by atoms with E-state index in [-0.39, 0.29) is 11.1 Å². The highest BCUT2D eigenvalue weighted by Crippen LogP contribution is 2.41. The zero-order chi connectivity index (χ0) is 29.8. The molecule has 0 aliphatic carbocycles. The summed E-state index contributed by atoms with van der Waals surface area (Å²) < 4.78 is 0. The third-order valence-corrected chi connectivity index (χ3v) is 8.32. The molecule has 40 heavy (non-hydrogen) atoms. The summed E-state index contributed by atoms with van der Waals surface area (Å²) in [5, 5.41) is 2.28. The molecule has 0 saturated carbocycles. The van der Waals surface area contributed by atoms with Crippen LogP contribution in [0.2, 0.25) is 0 Å². The molecule has 1 aromatic heterocycles. The molecule has 0 unspecified atom stereocenters. The highest BCUT2D eigenvalue weighted by Gasteiger charge is 2.47. The van der Waals surface area contributed by atoms with Crippen molar-refractivity contribution in [1.82, 2.24) is 15.0 Å². The summed E-state index contributed by atoms with van der Waals surface area (Å²) in [6, 6.07) is 2.63. The molecule has 2 rings (SSSR count). The van der Waals surface area contributed by atoms with Crippen LogP contribution in [0.4, 0.5) is 17.6 Å². The van der Waals surface area contributed by atoms with E-state index in [1.165, 1.54) is 38.5 Å². The minimum atomic E-state index is -0.0723. The number of piperidine rings is 1. The molecule has 0 radical (unpaired) electrons. The Kier molecular flexibility index (Phi) is 14.5. The molecular weight excluding hydrogens is 496 g/mol. The zero-order valence-electron chi connectivity index (χ0n) is 28.1. The van der Waals surface area contributed by atoms with E-state index < -0.39 is 0 Å². The molecule has 2 heterocycles. The number of nitrogens with zero attached hydrogens (tertiary/aromatic N) is 6. The average Bonchev–Trinajstić information content (AvgIpc) is 2.91. The first-order chi connectivity index (χ1) is 19.0. The Morgan fingerprint density at radius 1 is 0.725 bits per heavy atom.